The molecule has 1 N–H and O–H groups in total. The van der Waals surface area contributed by atoms with E-state index in [0.29, 0.717) is 35.8 Å². The normalized spacial score (nSPS) is 16.8. The number of hydrogen-bond acceptors (Lipinski definition) is 3. The monoisotopic (exact) mass is 370 g/mol. The number of nitrogens with one attached hydrogen (secondary N) is 1. The van der Waals surface area contributed by atoms with Crippen molar-refractivity contribution < 1.29 is 14.3 Å². The minimum atomic E-state index is -0.995. The number of benzene rings is 2. The highest BCUT2D eigenvalue weighted by atomic mass is 35.5. The molecule has 1 fully saturated rings. The Morgan fingerprint density at radius 1 is 1.19 bits per heavy atom. The summed E-state index contributed by atoms with van der Waals surface area (Å²) in [7, 11) is 1.53. The smallest absolute Gasteiger partial charge is 0.242 e. The van der Waals surface area contributed by atoms with E-state index in [-0.39, 0.29) is 11.8 Å². The number of methoxy groups -OCH3 is 1. The van der Waals surface area contributed by atoms with Gasteiger partial charge in [0.1, 0.15) is 11.2 Å². The van der Waals surface area contributed by atoms with Crippen LogP contribution < -0.4 is 15.0 Å². The second kappa shape index (κ2) is 6.32. The third kappa shape index (κ3) is 2.72. The average Bonchev–Trinajstić information content (AvgIpc) is 3.35. The molecule has 0 spiro atoms. The molecule has 1 saturated carbocycles. The van der Waals surface area contributed by atoms with Crippen LogP contribution in [0.1, 0.15) is 18.4 Å². The number of fused-ring (bicyclic) bond motifs is 1. The number of rotatable bonds is 4. The van der Waals surface area contributed by atoms with Crippen molar-refractivity contribution in [3.05, 3.63) is 53.1 Å². The third-order valence-electron chi connectivity index (χ3n) is 5.14. The maximum Gasteiger partial charge on any atom is 0.242 e. The van der Waals surface area contributed by atoms with Crippen molar-refractivity contribution >= 4 is 34.8 Å². The molecule has 0 radical (unpaired) electrons. The molecule has 4 rings (SSSR count). The molecule has 0 saturated heterocycles. The van der Waals surface area contributed by atoms with Gasteiger partial charge in [0.25, 0.3) is 0 Å². The molecule has 1 heterocycles. The van der Waals surface area contributed by atoms with Gasteiger partial charge < -0.3 is 15.0 Å². The summed E-state index contributed by atoms with van der Waals surface area (Å²) in [6.07, 6.45) is 1.93. The fourth-order valence-electron chi connectivity index (χ4n) is 3.49. The zero-order valence-corrected chi connectivity index (χ0v) is 15.2. The summed E-state index contributed by atoms with van der Waals surface area (Å²) in [4.78, 5) is 27.8. The van der Waals surface area contributed by atoms with Gasteiger partial charge in [-0.05, 0) is 49.1 Å². The molecular weight excluding hydrogens is 352 g/mol. The number of ether oxygens (including phenoxy) is 1. The van der Waals surface area contributed by atoms with Gasteiger partial charge in [0, 0.05) is 17.3 Å². The molecule has 0 atom stereocenters. The van der Waals surface area contributed by atoms with E-state index in [1.165, 1.54) is 7.11 Å². The van der Waals surface area contributed by atoms with Crippen molar-refractivity contribution in [2.24, 2.45) is 5.41 Å². The summed E-state index contributed by atoms with van der Waals surface area (Å²) in [6.45, 7) is 0.619. The molecule has 2 aromatic rings. The van der Waals surface area contributed by atoms with Crippen LogP contribution in [0.4, 0.5) is 11.4 Å². The van der Waals surface area contributed by atoms with E-state index in [9.17, 15) is 9.59 Å². The summed E-state index contributed by atoms with van der Waals surface area (Å²) in [5.74, 6) is 0.0888. The number of amides is 2. The van der Waals surface area contributed by atoms with Crippen LogP contribution in [0.2, 0.25) is 5.02 Å². The van der Waals surface area contributed by atoms with Crippen molar-refractivity contribution in [3.63, 3.8) is 0 Å². The highest BCUT2D eigenvalue weighted by Gasteiger charge is 2.58. The molecule has 0 bridgehead atoms. The van der Waals surface area contributed by atoms with Gasteiger partial charge in [0.15, 0.2) is 0 Å². The van der Waals surface area contributed by atoms with Crippen molar-refractivity contribution in [2.45, 2.75) is 19.3 Å². The first-order valence-corrected chi connectivity index (χ1v) is 8.98. The molecule has 26 heavy (non-hydrogen) atoms. The molecule has 134 valence electrons. The maximum absolute atomic E-state index is 13.2. The van der Waals surface area contributed by atoms with Crippen LogP contribution in [0, 0.1) is 5.41 Å². The second-order valence-electron chi connectivity index (χ2n) is 6.72. The zero-order chi connectivity index (χ0) is 18.3. The third-order valence-corrected chi connectivity index (χ3v) is 5.37. The van der Waals surface area contributed by atoms with Gasteiger partial charge in [-0.2, -0.15) is 0 Å². The van der Waals surface area contributed by atoms with Crippen LogP contribution in [-0.4, -0.2) is 25.5 Å². The van der Waals surface area contributed by atoms with Crippen molar-refractivity contribution in [2.75, 3.05) is 23.9 Å². The van der Waals surface area contributed by atoms with Crippen LogP contribution in [0.15, 0.2) is 42.5 Å². The molecule has 0 unspecified atom stereocenters. The van der Waals surface area contributed by atoms with Gasteiger partial charge in [-0.3, -0.25) is 9.59 Å². The summed E-state index contributed by atoms with van der Waals surface area (Å²) in [5, 5.41) is 3.33. The first-order valence-electron chi connectivity index (χ1n) is 8.60. The van der Waals surface area contributed by atoms with E-state index in [1.54, 1.807) is 23.1 Å². The lowest BCUT2D eigenvalue weighted by Crippen LogP contribution is -2.42. The Bertz CT molecular complexity index is 892. The number of halogens is 1. The Morgan fingerprint density at radius 3 is 2.69 bits per heavy atom. The number of hydrogen-bond donors (Lipinski definition) is 1. The first kappa shape index (κ1) is 16.9. The van der Waals surface area contributed by atoms with Crippen LogP contribution in [0.25, 0.3) is 0 Å². The minimum absolute atomic E-state index is 0.124. The Hall–Kier alpha value is -2.53. The Labute approximate surface area is 156 Å². The van der Waals surface area contributed by atoms with Crippen molar-refractivity contribution in [1.82, 2.24) is 0 Å². The number of para-hydroxylation sites is 1. The lowest BCUT2D eigenvalue weighted by atomic mass is 10.0. The van der Waals surface area contributed by atoms with E-state index >= 15 is 0 Å². The second-order valence-corrected chi connectivity index (χ2v) is 7.15. The summed E-state index contributed by atoms with van der Waals surface area (Å²) >= 11 is 6.03. The molecule has 1 aliphatic carbocycles. The first-order chi connectivity index (χ1) is 12.5. The molecule has 1 aliphatic heterocycles. The minimum Gasteiger partial charge on any atom is -0.495 e. The maximum atomic E-state index is 13.2. The molecule has 0 aromatic heterocycles. The lowest BCUT2D eigenvalue weighted by Gasteiger charge is -2.23. The SMILES string of the molecule is COc1ccc(Cl)cc1NC(=O)C1(C(=O)N2CCc3ccccc32)CC1. The van der Waals surface area contributed by atoms with E-state index in [2.05, 4.69) is 5.32 Å². The van der Waals surface area contributed by atoms with Gasteiger partial charge >= 0.3 is 0 Å². The largest absolute Gasteiger partial charge is 0.495 e. The van der Waals surface area contributed by atoms with Crippen molar-refractivity contribution in [3.8, 4) is 5.75 Å². The Morgan fingerprint density at radius 2 is 1.96 bits per heavy atom. The summed E-state index contributed by atoms with van der Waals surface area (Å²) in [5.41, 5.74) is 1.54. The predicted octanol–water partition coefficient (Wildman–Crippen LogP) is 3.66. The molecule has 5 nitrogen and oxygen atoms in total. The highest BCUT2D eigenvalue weighted by Crippen LogP contribution is 2.50. The van der Waals surface area contributed by atoms with Crippen molar-refractivity contribution in [1.29, 1.82) is 0 Å². The van der Waals surface area contributed by atoms with Gasteiger partial charge in [-0.15, -0.1) is 0 Å². The number of nitrogens with zero attached hydrogens (tertiary/aromatic N) is 1. The molecule has 2 aromatic carbocycles. The van der Waals surface area contributed by atoms with Crippen LogP contribution >= 0.6 is 11.6 Å². The molecule has 2 amide bonds. The average molecular weight is 371 g/mol. The lowest BCUT2D eigenvalue weighted by molar-refractivity contribution is -0.132. The fourth-order valence-corrected chi connectivity index (χ4v) is 3.66. The van der Waals surface area contributed by atoms with E-state index in [0.717, 1.165) is 17.7 Å². The van der Waals surface area contributed by atoms with Crippen LogP contribution in [0.5, 0.6) is 5.75 Å². The van der Waals surface area contributed by atoms with E-state index in [4.69, 9.17) is 16.3 Å². The standard InChI is InChI=1S/C20H19ClN2O3/c1-26-17-7-6-14(21)12-15(17)22-18(24)20(9-10-20)19(25)23-11-8-13-4-2-3-5-16(13)23/h2-7,12H,8-11H2,1H3,(H,22,24). The van der Waals surface area contributed by atoms with E-state index in [1.807, 2.05) is 24.3 Å². The van der Waals surface area contributed by atoms with Gasteiger partial charge in [0.2, 0.25) is 11.8 Å². The fraction of sp³-hybridized carbons (Fsp3) is 0.300. The van der Waals surface area contributed by atoms with Crippen LogP contribution in [-0.2, 0) is 16.0 Å². The topological polar surface area (TPSA) is 58.6 Å². The number of anilines is 2. The van der Waals surface area contributed by atoms with Gasteiger partial charge in [-0.1, -0.05) is 29.8 Å². The quantitative estimate of drug-likeness (QED) is 0.835. The predicted molar refractivity (Wildman–Crippen MR) is 101 cm³/mol. The Balaban J connectivity index is 1.57. The zero-order valence-electron chi connectivity index (χ0n) is 14.4. The van der Waals surface area contributed by atoms with E-state index < -0.39 is 5.41 Å². The number of carbonyl (C=O) groups excluding carboxylic acids is 2. The molecule has 2 aliphatic rings. The van der Waals surface area contributed by atoms with Gasteiger partial charge in [0.05, 0.1) is 12.8 Å². The summed E-state index contributed by atoms with van der Waals surface area (Å²) < 4.78 is 5.27. The molecule has 6 heteroatoms. The molecular formula is C20H19ClN2O3. The number of carbonyl (C=O) groups is 2. The van der Waals surface area contributed by atoms with Gasteiger partial charge in [-0.25, -0.2) is 0 Å². The van der Waals surface area contributed by atoms with Crippen LogP contribution in [0.3, 0.4) is 0 Å². The summed E-state index contributed by atoms with van der Waals surface area (Å²) in [6, 6.07) is 12.9. The Kier molecular flexibility index (Phi) is 4.11. The highest BCUT2D eigenvalue weighted by molar-refractivity contribution is 6.31.